The zero-order valence-electron chi connectivity index (χ0n) is 14.6. The van der Waals surface area contributed by atoms with Gasteiger partial charge in [-0.25, -0.2) is 0 Å². The van der Waals surface area contributed by atoms with E-state index >= 15 is 0 Å². The second-order valence-electron chi connectivity index (χ2n) is 6.37. The molecule has 1 heterocycles. The number of benzene rings is 1. The zero-order valence-corrected chi connectivity index (χ0v) is 14.6. The topological polar surface area (TPSA) is 63.2 Å². The van der Waals surface area contributed by atoms with Crippen LogP contribution in [-0.2, 0) is 6.42 Å². The smallest absolute Gasteiger partial charge is 0.270 e. The van der Waals surface area contributed by atoms with Crippen LogP contribution in [0.25, 0.3) is 0 Å². The van der Waals surface area contributed by atoms with Crippen LogP contribution in [0, 0.1) is 0 Å². The fourth-order valence-corrected chi connectivity index (χ4v) is 3.25. The van der Waals surface area contributed by atoms with Crippen LogP contribution in [0.15, 0.2) is 42.6 Å². The van der Waals surface area contributed by atoms with Crippen LogP contribution >= 0.6 is 0 Å². The number of carbonyl (C=O) groups excluding carboxylic acids is 1. The number of hydrogen-bond acceptors (Lipinski definition) is 4. The van der Waals surface area contributed by atoms with E-state index in [9.17, 15) is 4.79 Å². The number of nitrogens with zero attached hydrogens (tertiary/aromatic N) is 1. The molecule has 0 radical (unpaired) electrons. The fourth-order valence-electron chi connectivity index (χ4n) is 3.25. The third-order valence-corrected chi connectivity index (χ3v) is 4.60. The molecule has 1 aliphatic rings. The third-order valence-electron chi connectivity index (χ3n) is 4.60. The van der Waals surface area contributed by atoms with Crippen LogP contribution in [0.3, 0.4) is 0 Å². The average Bonchev–Trinajstić information content (AvgIpc) is 3.15. The summed E-state index contributed by atoms with van der Waals surface area (Å²) < 4.78 is 5.37. The van der Waals surface area contributed by atoms with Crippen molar-refractivity contribution < 1.29 is 9.53 Å². The number of pyridine rings is 1. The van der Waals surface area contributed by atoms with Gasteiger partial charge in [0.25, 0.3) is 5.91 Å². The lowest BCUT2D eigenvalue weighted by Gasteiger charge is -2.13. The van der Waals surface area contributed by atoms with E-state index in [0.717, 1.165) is 42.8 Å². The molecule has 0 spiro atoms. The predicted molar refractivity (Wildman–Crippen MR) is 99.1 cm³/mol. The number of amides is 1. The average molecular weight is 339 g/mol. The van der Waals surface area contributed by atoms with Crippen molar-refractivity contribution in [3.8, 4) is 5.75 Å². The van der Waals surface area contributed by atoms with E-state index in [-0.39, 0.29) is 5.91 Å². The lowest BCUT2D eigenvalue weighted by atomic mass is 10.1. The SMILES string of the molecule is COc1ccccc1CCNc1ccnc(C(=O)NC2CCCC2)c1. The van der Waals surface area contributed by atoms with Gasteiger partial charge in [-0.15, -0.1) is 0 Å². The summed E-state index contributed by atoms with van der Waals surface area (Å²) in [5.41, 5.74) is 2.53. The highest BCUT2D eigenvalue weighted by atomic mass is 16.5. The van der Waals surface area contributed by atoms with E-state index in [4.69, 9.17) is 4.74 Å². The summed E-state index contributed by atoms with van der Waals surface area (Å²) in [7, 11) is 1.68. The van der Waals surface area contributed by atoms with Gasteiger partial charge < -0.3 is 15.4 Å². The van der Waals surface area contributed by atoms with Crippen LogP contribution in [0.1, 0.15) is 41.7 Å². The molecule has 132 valence electrons. The predicted octanol–water partition coefficient (Wildman–Crippen LogP) is 3.42. The van der Waals surface area contributed by atoms with Crippen molar-refractivity contribution in [1.29, 1.82) is 0 Å². The molecule has 0 saturated heterocycles. The molecule has 1 fully saturated rings. The molecule has 1 amide bonds. The van der Waals surface area contributed by atoms with E-state index in [2.05, 4.69) is 21.7 Å². The monoisotopic (exact) mass is 339 g/mol. The van der Waals surface area contributed by atoms with Crippen LogP contribution < -0.4 is 15.4 Å². The van der Waals surface area contributed by atoms with Crippen LogP contribution in [-0.4, -0.2) is 30.6 Å². The normalized spacial score (nSPS) is 14.3. The second-order valence-corrected chi connectivity index (χ2v) is 6.37. The highest BCUT2D eigenvalue weighted by molar-refractivity contribution is 5.93. The Labute approximate surface area is 148 Å². The molecule has 0 bridgehead atoms. The minimum atomic E-state index is -0.0831. The first-order valence-electron chi connectivity index (χ1n) is 8.89. The maximum atomic E-state index is 12.3. The van der Waals surface area contributed by atoms with Crippen molar-refractivity contribution in [3.05, 3.63) is 53.9 Å². The molecule has 1 aromatic carbocycles. The number of methoxy groups -OCH3 is 1. The highest BCUT2D eigenvalue weighted by Crippen LogP contribution is 2.19. The number of para-hydroxylation sites is 1. The summed E-state index contributed by atoms with van der Waals surface area (Å²) in [6, 6.07) is 12.0. The van der Waals surface area contributed by atoms with Gasteiger partial charge in [0.1, 0.15) is 11.4 Å². The lowest BCUT2D eigenvalue weighted by molar-refractivity contribution is 0.0933. The van der Waals surface area contributed by atoms with Crippen LogP contribution in [0.4, 0.5) is 5.69 Å². The van der Waals surface area contributed by atoms with Gasteiger partial charge in [-0.1, -0.05) is 31.0 Å². The van der Waals surface area contributed by atoms with Gasteiger partial charge in [0.2, 0.25) is 0 Å². The minimum absolute atomic E-state index is 0.0831. The van der Waals surface area contributed by atoms with E-state index < -0.39 is 0 Å². The summed E-state index contributed by atoms with van der Waals surface area (Å²) in [6.07, 6.45) is 7.06. The summed E-state index contributed by atoms with van der Waals surface area (Å²) in [6.45, 7) is 0.758. The van der Waals surface area contributed by atoms with Crippen LogP contribution in [0.5, 0.6) is 5.75 Å². The second kappa shape index (κ2) is 8.51. The van der Waals surface area contributed by atoms with Crippen molar-refractivity contribution in [1.82, 2.24) is 10.3 Å². The summed E-state index contributed by atoms with van der Waals surface area (Å²) >= 11 is 0. The molecule has 1 saturated carbocycles. The molecule has 2 N–H and O–H groups in total. The van der Waals surface area contributed by atoms with Gasteiger partial charge >= 0.3 is 0 Å². The number of anilines is 1. The Hall–Kier alpha value is -2.56. The van der Waals surface area contributed by atoms with Crippen molar-refractivity contribution in [2.45, 2.75) is 38.1 Å². The molecular weight excluding hydrogens is 314 g/mol. The Morgan fingerprint density at radius 3 is 2.84 bits per heavy atom. The Balaban J connectivity index is 1.55. The summed E-state index contributed by atoms with van der Waals surface area (Å²) in [5.74, 6) is 0.816. The van der Waals surface area contributed by atoms with Gasteiger partial charge in [-0.3, -0.25) is 9.78 Å². The first kappa shape index (κ1) is 17.3. The maximum absolute atomic E-state index is 12.3. The molecule has 3 rings (SSSR count). The zero-order chi connectivity index (χ0) is 17.5. The Morgan fingerprint density at radius 1 is 1.24 bits per heavy atom. The molecule has 1 aromatic heterocycles. The van der Waals surface area contributed by atoms with Crippen molar-refractivity contribution in [3.63, 3.8) is 0 Å². The molecule has 2 aromatic rings. The van der Waals surface area contributed by atoms with Crippen molar-refractivity contribution in [2.75, 3.05) is 19.0 Å². The van der Waals surface area contributed by atoms with Crippen molar-refractivity contribution in [2.24, 2.45) is 0 Å². The Morgan fingerprint density at radius 2 is 2.04 bits per heavy atom. The largest absolute Gasteiger partial charge is 0.496 e. The Kier molecular flexibility index (Phi) is 5.88. The maximum Gasteiger partial charge on any atom is 0.270 e. The fraction of sp³-hybridized carbons (Fsp3) is 0.400. The van der Waals surface area contributed by atoms with Crippen LogP contribution in [0.2, 0.25) is 0 Å². The first-order valence-corrected chi connectivity index (χ1v) is 8.89. The lowest BCUT2D eigenvalue weighted by Crippen LogP contribution is -2.33. The molecule has 25 heavy (non-hydrogen) atoms. The van der Waals surface area contributed by atoms with Gasteiger partial charge in [-0.2, -0.15) is 0 Å². The highest BCUT2D eigenvalue weighted by Gasteiger charge is 2.18. The van der Waals surface area contributed by atoms with Gasteiger partial charge in [0, 0.05) is 24.5 Å². The standard InChI is InChI=1S/C20H25N3O2/c1-25-19-9-5-2-6-15(19)10-12-21-17-11-13-22-18(14-17)20(24)23-16-7-3-4-8-16/h2,5-6,9,11,13-14,16H,3-4,7-8,10,12H2,1H3,(H,21,22)(H,23,24). The number of nitrogens with one attached hydrogen (secondary N) is 2. The molecular formula is C20H25N3O2. The molecule has 0 atom stereocenters. The third kappa shape index (κ3) is 4.72. The number of hydrogen-bond donors (Lipinski definition) is 2. The molecule has 0 unspecified atom stereocenters. The molecule has 5 heteroatoms. The summed E-state index contributed by atoms with van der Waals surface area (Å²) in [4.78, 5) is 16.5. The van der Waals surface area contributed by atoms with Gasteiger partial charge in [-0.05, 0) is 43.0 Å². The number of ether oxygens (including phenoxy) is 1. The minimum Gasteiger partial charge on any atom is -0.496 e. The summed E-state index contributed by atoms with van der Waals surface area (Å²) in [5, 5.41) is 6.43. The quantitative estimate of drug-likeness (QED) is 0.811. The van der Waals surface area contributed by atoms with Gasteiger partial charge in [0.15, 0.2) is 0 Å². The molecule has 5 nitrogen and oxygen atoms in total. The number of rotatable bonds is 7. The van der Waals surface area contributed by atoms with E-state index in [1.807, 2.05) is 30.3 Å². The van der Waals surface area contributed by atoms with E-state index in [0.29, 0.717) is 11.7 Å². The number of aromatic nitrogens is 1. The Bertz CT molecular complexity index is 712. The van der Waals surface area contributed by atoms with E-state index in [1.165, 1.54) is 12.8 Å². The molecule has 0 aliphatic heterocycles. The van der Waals surface area contributed by atoms with Crippen molar-refractivity contribution >= 4 is 11.6 Å². The first-order chi connectivity index (χ1) is 12.3. The molecule has 1 aliphatic carbocycles. The van der Waals surface area contributed by atoms with Gasteiger partial charge in [0.05, 0.1) is 7.11 Å². The van der Waals surface area contributed by atoms with E-state index in [1.54, 1.807) is 13.3 Å². The number of carbonyl (C=O) groups is 1.